The number of para-hydroxylation sites is 1. The summed E-state index contributed by atoms with van der Waals surface area (Å²) in [4.78, 5) is 0. The molecule has 0 radical (unpaired) electrons. The van der Waals surface area contributed by atoms with Gasteiger partial charge in [0.1, 0.15) is 5.75 Å². The molecule has 2 N–H and O–H groups in total. The Morgan fingerprint density at radius 2 is 2.13 bits per heavy atom. The molecule has 0 heterocycles. The van der Waals surface area contributed by atoms with Crippen LogP contribution in [-0.2, 0) is 0 Å². The van der Waals surface area contributed by atoms with Crippen molar-refractivity contribution in [3.63, 3.8) is 0 Å². The van der Waals surface area contributed by atoms with Gasteiger partial charge >= 0.3 is 0 Å². The quantitative estimate of drug-likeness (QED) is 0.820. The molecule has 15 heavy (non-hydrogen) atoms. The van der Waals surface area contributed by atoms with Crippen molar-refractivity contribution in [1.29, 1.82) is 0 Å². The molecule has 0 aromatic heterocycles. The van der Waals surface area contributed by atoms with Gasteiger partial charge in [0.25, 0.3) is 0 Å². The van der Waals surface area contributed by atoms with E-state index in [4.69, 9.17) is 10.5 Å². The largest absolute Gasteiger partial charge is 0.490 e. The highest BCUT2D eigenvalue weighted by atomic mass is 16.5. The standard InChI is InChI=1S/C13H19NO/c1-10(9-14)12-7-2-3-8-13(12)15-11-5-4-6-11/h2-3,7-8,10-11H,4-6,9,14H2,1H3. The molecule has 2 heteroatoms. The topological polar surface area (TPSA) is 35.2 Å². The molecule has 1 aromatic rings. The van der Waals surface area contributed by atoms with Crippen LogP contribution < -0.4 is 10.5 Å². The van der Waals surface area contributed by atoms with Crippen molar-refractivity contribution < 1.29 is 4.74 Å². The van der Waals surface area contributed by atoms with Gasteiger partial charge in [-0.3, -0.25) is 0 Å². The minimum Gasteiger partial charge on any atom is -0.490 e. The second kappa shape index (κ2) is 4.67. The summed E-state index contributed by atoms with van der Waals surface area (Å²) in [7, 11) is 0. The lowest BCUT2D eigenvalue weighted by molar-refractivity contribution is 0.118. The number of hydrogen-bond acceptors (Lipinski definition) is 2. The highest BCUT2D eigenvalue weighted by Gasteiger charge is 2.20. The summed E-state index contributed by atoms with van der Waals surface area (Å²) in [5.74, 6) is 1.40. The van der Waals surface area contributed by atoms with E-state index in [1.807, 2.05) is 6.07 Å². The lowest BCUT2D eigenvalue weighted by Crippen LogP contribution is -2.25. The maximum Gasteiger partial charge on any atom is 0.123 e. The van der Waals surface area contributed by atoms with E-state index in [1.54, 1.807) is 0 Å². The maximum absolute atomic E-state index is 5.95. The Labute approximate surface area is 91.4 Å². The van der Waals surface area contributed by atoms with Crippen molar-refractivity contribution in [1.82, 2.24) is 0 Å². The number of ether oxygens (including phenoxy) is 1. The summed E-state index contributed by atoms with van der Waals surface area (Å²) in [5.41, 5.74) is 6.94. The molecule has 1 aliphatic carbocycles. The van der Waals surface area contributed by atoms with Crippen molar-refractivity contribution in [3.05, 3.63) is 29.8 Å². The smallest absolute Gasteiger partial charge is 0.123 e. The second-order valence-electron chi connectivity index (χ2n) is 4.35. The Morgan fingerprint density at radius 1 is 1.40 bits per heavy atom. The second-order valence-corrected chi connectivity index (χ2v) is 4.35. The van der Waals surface area contributed by atoms with E-state index in [1.165, 1.54) is 24.8 Å². The highest BCUT2D eigenvalue weighted by Crippen LogP contribution is 2.30. The van der Waals surface area contributed by atoms with Crippen LogP contribution in [0.5, 0.6) is 5.75 Å². The molecule has 1 saturated carbocycles. The van der Waals surface area contributed by atoms with Gasteiger partial charge in [-0.2, -0.15) is 0 Å². The van der Waals surface area contributed by atoms with Crippen LogP contribution >= 0.6 is 0 Å². The molecule has 1 fully saturated rings. The van der Waals surface area contributed by atoms with Crippen LogP contribution in [0.25, 0.3) is 0 Å². The first kappa shape index (κ1) is 10.5. The number of hydrogen-bond donors (Lipinski definition) is 1. The van der Waals surface area contributed by atoms with Crippen molar-refractivity contribution in [2.45, 2.75) is 38.2 Å². The molecule has 0 spiro atoms. The Bertz CT molecular complexity index is 320. The molecular weight excluding hydrogens is 186 g/mol. The summed E-state index contributed by atoms with van der Waals surface area (Å²) in [6, 6.07) is 8.25. The number of benzene rings is 1. The van der Waals surface area contributed by atoms with E-state index in [2.05, 4.69) is 25.1 Å². The van der Waals surface area contributed by atoms with Gasteiger partial charge in [0, 0.05) is 0 Å². The van der Waals surface area contributed by atoms with Crippen LogP contribution in [0.2, 0.25) is 0 Å². The fourth-order valence-corrected chi connectivity index (χ4v) is 1.79. The van der Waals surface area contributed by atoms with Gasteiger partial charge in [-0.15, -0.1) is 0 Å². The summed E-state index contributed by atoms with van der Waals surface area (Å²) in [5, 5.41) is 0. The van der Waals surface area contributed by atoms with Crippen LogP contribution in [0.4, 0.5) is 0 Å². The average Bonchev–Trinajstić information content (AvgIpc) is 2.23. The van der Waals surface area contributed by atoms with Crippen molar-refractivity contribution >= 4 is 0 Å². The predicted octanol–water partition coefficient (Wildman–Crippen LogP) is 2.68. The first-order valence-electron chi connectivity index (χ1n) is 5.77. The Kier molecular flexibility index (Phi) is 3.27. The fraction of sp³-hybridized carbons (Fsp3) is 0.538. The van der Waals surface area contributed by atoms with Gasteiger partial charge in [-0.05, 0) is 43.4 Å². The van der Waals surface area contributed by atoms with Crippen molar-refractivity contribution in [2.75, 3.05) is 6.54 Å². The van der Waals surface area contributed by atoms with Gasteiger partial charge in [0.05, 0.1) is 6.10 Å². The van der Waals surface area contributed by atoms with E-state index in [9.17, 15) is 0 Å². The van der Waals surface area contributed by atoms with Gasteiger partial charge in [0.15, 0.2) is 0 Å². The van der Waals surface area contributed by atoms with Crippen LogP contribution in [0.1, 0.15) is 37.7 Å². The molecule has 0 amide bonds. The third-order valence-electron chi connectivity index (χ3n) is 3.15. The van der Waals surface area contributed by atoms with Crippen LogP contribution in [0.15, 0.2) is 24.3 Å². The van der Waals surface area contributed by atoms with Crippen molar-refractivity contribution in [3.8, 4) is 5.75 Å². The van der Waals surface area contributed by atoms with E-state index >= 15 is 0 Å². The predicted molar refractivity (Wildman–Crippen MR) is 62.2 cm³/mol. The fourth-order valence-electron chi connectivity index (χ4n) is 1.79. The molecule has 1 aliphatic rings. The maximum atomic E-state index is 5.95. The van der Waals surface area contributed by atoms with Gasteiger partial charge in [-0.25, -0.2) is 0 Å². The first-order chi connectivity index (χ1) is 7.31. The molecule has 82 valence electrons. The summed E-state index contributed by atoms with van der Waals surface area (Å²) >= 11 is 0. The van der Waals surface area contributed by atoms with E-state index < -0.39 is 0 Å². The average molecular weight is 205 g/mol. The molecule has 0 bridgehead atoms. The van der Waals surface area contributed by atoms with Crippen LogP contribution in [0.3, 0.4) is 0 Å². The Balaban J connectivity index is 2.13. The third-order valence-corrected chi connectivity index (χ3v) is 3.15. The lowest BCUT2D eigenvalue weighted by atomic mass is 9.95. The van der Waals surface area contributed by atoms with Gasteiger partial charge in [-0.1, -0.05) is 25.1 Å². The molecule has 0 aliphatic heterocycles. The zero-order valence-corrected chi connectivity index (χ0v) is 9.28. The highest BCUT2D eigenvalue weighted by molar-refractivity contribution is 5.36. The summed E-state index contributed by atoms with van der Waals surface area (Å²) < 4.78 is 5.95. The minimum atomic E-state index is 0.376. The monoisotopic (exact) mass is 205 g/mol. The van der Waals surface area contributed by atoms with E-state index in [0.29, 0.717) is 18.6 Å². The lowest BCUT2D eigenvalue weighted by Gasteiger charge is -2.28. The normalized spacial score (nSPS) is 18.3. The van der Waals surface area contributed by atoms with Crippen molar-refractivity contribution in [2.24, 2.45) is 5.73 Å². The molecule has 1 unspecified atom stereocenters. The third kappa shape index (κ3) is 2.32. The Morgan fingerprint density at radius 3 is 2.73 bits per heavy atom. The molecule has 2 rings (SSSR count). The number of nitrogens with two attached hydrogens (primary N) is 1. The zero-order chi connectivity index (χ0) is 10.7. The zero-order valence-electron chi connectivity index (χ0n) is 9.28. The van der Waals surface area contributed by atoms with E-state index in [-0.39, 0.29) is 0 Å². The SMILES string of the molecule is CC(CN)c1ccccc1OC1CCC1. The van der Waals surface area contributed by atoms with Crippen LogP contribution in [-0.4, -0.2) is 12.6 Å². The van der Waals surface area contributed by atoms with Crippen LogP contribution in [0, 0.1) is 0 Å². The molecule has 1 atom stereocenters. The molecule has 0 saturated heterocycles. The molecular formula is C13H19NO. The van der Waals surface area contributed by atoms with Gasteiger partial charge < -0.3 is 10.5 Å². The van der Waals surface area contributed by atoms with E-state index in [0.717, 1.165) is 5.75 Å². The summed E-state index contributed by atoms with van der Waals surface area (Å²) in [6.07, 6.45) is 4.15. The Hall–Kier alpha value is -1.02. The van der Waals surface area contributed by atoms with Gasteiger partial charge in [0.2, 0.25) is 0 Å². The molecule has 1 aromatic carbocycles. The number of rotatable bonds is 4. The molecule has 2 nitrogen and oxygen atoms in total. The summed E-state index contributed by atoms with van der Waals surface area (Å²) in [6.45, 7) is 2.81. The first-order valence-corrected chi connectivity index (χ1v) is 5.77. The minimum absolute atomic E-state index is 0.376.